The summed E-state index contributed by atoms with van der Waals surface area (Å²) in [6.45, 7) is 7.59. The van der Waals surface area contributed by atoms with E-state index in [2.05, 4.69) is 19.2 Å². The van der Waals surface area contributed by atoms with E-state index in [9.17, 15) is 4.79 Å². The summed E-state index contributed by atoms with van der Waals surface area (Å²) >= 11 is 0. The SMILES string of the molecule is CC(O)C(=O)O.CCNCC. The number of rotatable bonds is 3. The minimum Gasteiger partial charge on any atom is -0.479 e. The van der Waals surface area contributed by atoms with Crippen LogP contribution in [0.15, 0.2) is 0 Å². The number of aliphatic carboxylic acids is 1. The van der Waals surface area contributed by atoms with Crippen LogP contribution in [0.25, 0.3) is 0 Å². The number of carbonyl (C=O) groups is 1. The Hall–Kier alpha value is -0.610. The molecule has 4 nitrogen and oxygen atoms in total. The fraction of sp³-hybridized carbons (Fsp3) is 0.857. The van der Waals surface area contributed by atoms with Crippen molar-refractivity contribution in [1.29, 1.82) is 0 Å². The highest BCUT2D eigenvalue weighted by Crippen LogP contribution is 1.73. The molecule has 0 saturated heterocycles. The van der Waals surface area contributed by atoms with Gasteiger partial charge in [0.2, 0.25) is 0 Å². The molecule has 4 heteroatoms. The summed E-state index contributed by atoms with van der Waals surface area (Å²) in [5.74, 6) is -1.19. The molecule has 0 aromatic heterocycles. The van der Waals surface area contributed by atoms with E-state index in [1.165, 1.54) is 6.92 Å². The van der Waals surface area contributed by atoms with Crippen LogP contribution in [0.1, 0.15) is 20.8 Å². The van der Waals surface area contributed by atoms with Crippen LogP contribution in [-0.4, -0.2) is 35.4 Å². The van der Waals surface area contributed by atoms with Crippen molar-refractivity contribution in [2.75, 3.05) is 13.1 Å². The van der Waals surface area contributed by atoms with E-state index in [4.69, 9.17) is 10.2 Å². The summed E-state index contributed by atoms with van der Waals surface area (Å²) in [5.41, 5.74) is 0. The van der Waals surface area contributed by atoms with E-state index in [0.29, 0.717) is 0 Å². The van der Waals surface area contributed by atoms with Gasteiger partial charge in [-0.2, -0.15) is 0 Å². The van der Waals surface area contributed by atoms with Gasteiger partial charge in [-0.1, -0.05) is 13.8 Å². The average molecular weight is 163 g/mol. The molecule has 68 valence electrons. The molecule has 0 fully saturated rings. The van der Waals surface area contributed by atoms with Gasteiger partial charge in [-0.15, -0.1) is 0 Å². The highest BCUT2D eigenvalue weighted by molar-refractivity contribution is 5.71. The molecule has 1 unspecified atom stereocenters. The van der Waals surface area contributed by atoms with Crippen LogP contribution in [0, 0.1) is 0 Å². The Kier molecular flexibility index (Phi) is 11.1. The number of carboxylic acids is 1. The van der Waals surface area contributed by atoms with Crippen molar-refractivity contribution in [2.45, 2.75) is 26.9 Å². The molecule has 11 heavy (non-hydrogen) atoms. The monoisotopic (exact) mass is 163 g/mol. The molecule has 0 aromatic carbocycles. The van der Waals surface area contributed by atoms with Crippen molar-refractivity contribution in [1.82, 2.24) is 5.32 Å². The van der Waals surface area contributed by atoms with E-state index in [1.54, 1.807) is 0 Å². The normalized spacial score (nSPS) is 11.3. The first-order valence-electron chi connectivity index (χ1n) is 3.67. The van der Waals surface area contributed by atoms with E-state index < -0.39 is 12.1 Å². The molecule has 1 atom stereocenters. The van der Waals surface area contributed by atoms with Gasteiger partial charge >= 0.3 is 5.97 Å². The molecule has 3 N–H and O–H groups in total. The zero-order valence-corrected chi connectivity index (χ0v) is 7.29. The Bertz CT molecular complexity index is 91.7. The number of hydrogen-bond acceptors (Lipinski definition) is 3. The third kappa shape index (κ3) is 17.7. The number of aliphatic hydroxyl groups is 1. The van der Waals surface area contributed by atoms with E-state index in [0.717, 1.165) is 13.1 Å². The molecule has 0 aliphatic rings. The first-order valence-corrected chi connectivity index (χ1v) is 3.67. The standard InChI is InChI=1S/C4H11N.C3H6O3/c1-3-5-4-2;1-2(4)3(5)6/h5H,3-4H2,1-2H3;2,4H,1H3,(H,5,6). The lowest BCUT2D eigenvalue weighted by Crippen LogP contribution is -2.13. The molecule has 0 bridgehead atoms. The van der Waals surface area contributed by atoms with Gasteiger partial charge in [0.1, 0.15) is 6.10 Å². The Labute approximate surface area is 67.2 Å². The second-order valence-electron chi connectivity index (χ2n) is 1.97. The third-order valence-electron chi connectivity index (χ3n) is 0.857. The van der Waals surface area contributed by atoms with E-state index >= 15 is 0 Å². The predicted molar refractivity (Wildman–Crippen MR) is 43.5 cm³/mol. The van der Waals surface area contributed by atoms with Crippen LogP contribution < -0.4 is 5.32 Å². The lowest BCUT2D eigenvalue weighted by molar-refractivity contribution is -0.145. The third-order valence-corrected chi connectivity index (χ3v) is 0.857. The lowest BCUT2D eigenvalue weighted by atomic mass is 10.4. The Morgan fingerprint density at radius 3 is 1.73 bits per heavy atom. The maximum atomic E-state index is 9.45. The van der Waals surface area contributed by atoms with Crippen molar-refractivity contribution in [3.05, 3.63) is 0 Å². The van der Waals surface area contributed by atoms with Crippen LogP contribution in [-0.2, 0) is 4.79 Å². The maximum Gasteiger partial charge on any atom is 0.332 e. The molecule has 0 heterocycles. The van der Waals surface area contributed by atoms with E-state index in [-0.39, 0.29) is 0 Å². The fourth-order valence-electron chi connectivity index (χ4n) is 0.250. The Balaban J connectivity index is 0. The van der Waals surface area contributed by atoms with Gasteiger partial charge in [0.25, 0.3) is 0 Å². The molecule has 0 amide bonds. The quantitative estimate of drug-likeness (QED) is 0.550. The highest BCUT2D eigenvalue weighted by atomic mass is 16.4. The van der Waals surface area contributed by atoms with Crippen molar-refractivity contribution in [3.8, 4) is 0 Å². The van der Waals surface area contributed by atoms with Crippen LogP contribution in [0.3, 0.4) is 0 Å². The van der Waals surface area contributed by atoms with Gasteiger partial charge in [0.15, 0.2) is 0 Å². The first kappa shape index (κ1) is 13.0. The van der Waals surface area contributed by atoms with Gasteiger partial charge in [-0.05, 0) is 20.0 Å². The molecule has 0 rings (SSSR count). The van der Waals surface area contributed by atoms with Gasteiger partial charge < -0.3 is 15.5 Å². The summed E-state index contributed by atoms with van der Waals surface area (Å²) in [5, 5.41) is 18.9. The summed E-state index contributed by atoms with van der Waals surface area (Å²) in [6.07, 6.45) is -1.23. The summed E-state index contributed by atoms with van der Waals surface area (Å²) < 4.78 is 0. The number of nitrogens with one attached hydrogen (secondary N) is 1. The minimum absolute atomic E-state index is 1.09. The van der Waals surface area contributed by atoms with Crippen molar-refractivity contribution in [2.24, 2.45) is 0 Å². The second kappa shape index (κ2) is 9.39. The topological polar surface area (TPSA) is 69.6 Å². The number of hydrogen-bond donors (Lipinski definition) is 3. The summed E-state index contributed by atoms with van der Waals surface area (Å²) in [4.78, 5) is 9.45. The smallest absolute Gasteiger partial charge is 0.332 e. The van der Waals surface area contributed by atoms with Gasteiger partial charge in [-0.3, -0.25) is 0 Å². The number of carboxylic acid groups (broad SMARTS) is 1. The number of aliphatic hydroxyl groups excluding tert-OH is 1. The Morgan fingerprint density at radius 1 is 1.45 bits per heavy atom. The van der Waals surface area contributed by atoms with Crippen LogP contribution in [0.4, 0.5) is 0 Å². The van der Waals surface area contributed by atoms with Crippen molar-refractivity contribution >= 4 is 5.97 Å². The zero-order chi connectivity index (χ0) is 9.28. The molecular formula is C7H17NO3. The molecule has 0 saturated carbocycles. The summed E-state index contributed by atoms with van der Waals surface area (Å²) in [7, 11) is 0. The molecule has 0 aliphatic carbocycles. The van der Waals surface area contributed by atoms with E-state index in [1.807, 2.05) is 0 Å². The largest absolute Gasteiger partial charge is 0.479 e. The average Bonchev–Trinajstić information content (AvgIpc) is 1.90. The maximum absolute atomic E-state index is 9.45. The summed E-state index contributed by atoms with van der Waals surface area (Å²) in [6, 6.07) is 0. The first-order chi connectivity index (χ1) is 5.06. The van der Waals surface area contributed by atoms with Crippen LogP contribution in [0.5, 0.6) is 0 Å². The molecule has 0 aliphatic heterocycles. The molecular weight excluding hydrogens is 146 g/mol. The van der Waals surface area contributed by atoms with Crippen molar-refractivity contribution < 1.29 is 15.0 Å². The molecule has 0 aromatic rings. The van der Waals surface area contributed by atoms with Gasteiger partial charge in [0, 0.05) is 0 Å². The fourth-order valence-corrected chi connectivity index (χ4v) is 0.250. The van der Waals surface area contributed by atoms with Crippen molar-refractivity contribution in [3.63, 3.8) is 0 Å². The molecule has 0 radical (unpaired) electrons. The molecule has 0 spiro atoms. The lowest BCUT2D eigenvalue weighted by Gasteiger charge is -1.89. The van der Waals surface area contributed by atoms with Crippen LogP contribution in [0.2, 0.25) is 0 Å². The highest BCUT2D eigenvalue weighted by Gasteiger charge is 2.01. The predicted octanol–water partition coefficient (Wildman–Crippen LogP) is 0.0676. The minimum atomic E-state index is -1.23. The second-order valence-corrected chi connectivity index (χ2v) is 1.97. The Morgan fingerprint density at radius 2 is 1.73 bits per heavy atom. The van der Waals surface area contributed by atoms with Gasteiger partial charge in [-0.25, -0.2) is 4.79 Å². The van der Waals surface area contributed by atoms with Gasteiger partial charge in [0.05, 0.1) is 0 Å². The zero-order valence-electron chi connectivity index (χ0n) is 7.29. The van der Waals surface area contributed by atoms with Crippen LogP contribution >= 0.6 is 0 Å².